The van der Waals surface area contributed by atoms with Gasteiger partial charge in [0.25, 0.3) is 10.0 Å². The molecule has 16 heavy (non-hydrogen) atoms. The van der Waals surface area contributed by atoms with Crippen LogP contribution in [0.5, 0.6) is 0 Å². The summed E-state index contributed by atoms with van der Waals surface area (Å²) in [6.07, 6.45) is 0. The Morgan fingerprint density at radius 2 is 2.00 bits per heavy atom. The topological polar surface area (TPSA) is 80.3 Å². The fourth-order valence-electron chi connectivity index (χ4n) is 0.835. The van der Waals surface area contributed by atoms with Gasteiger partial charge in [0.2, 0.25) is 9.05 Å². The van der Waals surface area contributed by atoms with E-state index in [0.29, 0.717) is 4.47 Å². The third-order valence-corrected chi connectivity index (χ3v) is 6.75. The summed E-state index contributed by atoms with van der Waals surface area (Å²) < 4.78 is 47.2. The Balaban J connectivity index is 2.72. The van der Waals surface area contributed by atoms with Crippen molar-refractivity contribution in [1.82, 2.24) is 4.72 Å². The van der Waals surface area contributed by atoms with Crippen LogP contribution in [0.15, 0.2) is 20.1 Å². The van der Waals surface area contributed by atoms with Crippen LogP contribution in [0.1, 0.15) is 0 Å². The minimum atomic E-state index is -3.69. The lowest BCUT2D eigenvalue weighted by Gasteiger charge is -2.03. The first kappa shape index (κ1) is 14.4. The van der Waals surface area contributed by atoms with E-state index in [0.717, 1.165) is 11.3 Å². The lowest BCUT2D eigenvalue weighted by atomic mass is 10.7. The summed E-state index contributed by atoms with van der Waals surface area (Å²) in [4.78, 5) is 0. The van der Waals surface area contributed by atoms with Crippen molar-refractivity contribution < 1.29 is 16.8 Å². The molecule has 1 aromatic heterocycles. The summed E-state index contributed by atoms with van der Waals surface area (Å²) in [6.45, 7) is -0.251. The van der Waals surface area contributed by atoms with Gasteiger partial charge in [-0.25, -0.2) is 21.6 Å². The maximum atomic E-state index is 11.6. The molecule has 10 heteroatoms. The normalized spacial score (nSPS) is 12.9. The molecule has 0 fully saturated rings. The second-order valence-corrected chi connectivity index (χ2v) is 9.33. The summed E-state index contributed by atoms with van der Waals surface area (Å²) in [7, 11) is -2.41. The second-order valence-electron chi connectivity index (χ2n) is 2.70. The predicted octanol–water partition coefficient (Wildman–Crippen LogP) is 1.36. The van der Waals surface area contributed by atoms with Crippen molar-refractivity contribution >= 4 is 57.0 Å². The minimum Gasteiger partial charge on any atom is -0.212 e. The minimum absolute atomic E-state index is 0.111. The van der Waals surface area contributed by atoms with Gasteiger partial charge in [0.15, 0.2) is 0 Å². The number of thiophene rings is 1. The van der Waals surface area contributed by atoms with E-state index in [9.17, 15) is 16.8 Å². The van der Waals surface area contributed by atoms with Gasteiger partial charge in [-0.3, -0.25) is 0 Å². The standard InChI is InChI=1S/C6H7BrClNO4S3/c7-5-1-3-14-6(5)16(12,13)9-2-4-15(8,10)11/h1,3,9H,2,4H2. The Kier molecular flexibility index (Phi) is 4.78. The molecule has 0 unspecified atom stereocenters. The van der Waals surface area contributed by atoms with Gasteiger partial charge in [-0.05, 0) is 27.4 Å². The fraction of sp³-hybridized carbons (Fsp3) is 0.333. The van der Waals surface area contributed by atoms with Crippen LogP contribution < -0.4 is 4.72 Å². The van der Waals surface area contributed by atoms with Crippen molar-refractivity contribution in [3.8, 4) is 0 Å². The number of nitrogens with one attached hydrogen (secondary N) is 1. The summed E-state index contributed by atoms with van der Waals surface area (Å²) in [5.74, 6) is -0.448. The Morgan fingerprint density at radius 1 is 1.38 bits per heavy atom. The molecule has 1 rings (SSSR count). The van der Waals surface area contributed by atoms with Gasteiger partial charge in [-0.15, -0.1) is 11.3 Å². The van der Waals surface area contributed by atoms with Crippen LogP contribution in [0.4, 0.5) is 0 Å². The van der Waals surface area contributed by atoms with E-state index >= 15 is 0 Å². The first-order valence-corrected chi connectivity index (χ1v) is 9.51. The molecule has 0 aliphatic heterocycles. The van der Waals surface area contributed by atoms with Crippen molar-refractivity contribution in [3.05, 3.63) is 15.9 Å². The first-order chi connectivity index (χ1) is 7.22. The van der Waals surface area contributed by atoms with Gasteiger partial charge < -0.3 is 0 Å². The van der Waals surface area contributed by atoms with Crippen molar-refractivity contribution in [2.45, 2.75) is 4.21 Å². The monoisotopic (exact) mass is 367 g/mol. The molecule has 0 radical (unpaired) electrons. The molecule has 1 heterocycles. The average molecular weight is 369 g/mol. The summed E-state index contributed by atoms with van der Waals surface area (Å²) in [5, 5.41) is 1.61. The third-order valence-electron chi connectivity index (χ3n) is 1.47. The number of hydrogen-bond donors (Lipinski definition) is 1. The lowest BCUT2D eigenvalue weighted by Crippen LogP contribution is -2.27. The van der Waals surface area contributed by atoms with Gasteiger partial charge >= 0.3 is 0 Å². The highest BCUT2D eigenvalue weighted by Crippen LogP contribution is 2.27. The predicted molar refractivity (Wildman–Crippen MR) is 66.8 cm³/mol. The van der Waals surface area contributed by atoms with E-state index in [1.165, 1.54) is 0 Å². The smallest absolute Gasteiger partial charge is 0.212 e. The maximum Gasteiger partial charge on any atom is 0.251 e. The Morgan fingerprint density at radius 3 is 2.44 bits per heavy atom. The Hall–Kier alpha value is 0.330. The molecule has 0 aromatic carbocycles. The molecule has 1 N–H and O–H groups in total. The fourth-order valence-corrected chi connectivity index (χ4v) is 4.95. The van der Waals surface area contributed by atoms with E-state index < -0.39 is 24.8 Å². The van der Waals surface area contributed by atoms with Crippen LogP contribution in [0.25, 0.3) is 0 Å². The van der Waals surface area contributed by atoms with Gasteiger partial charge in [-0.2, -0.15) is 0 Å². The zero-order valence-corrected chi connectivity index (χ0v) is 12.5. The van der Waals surface area contributed by atoms with Gasteiger partial charge in [0.1, 0.15) is 4.21 Å². The number of rotatable bonds is 5. The van der Waals surface area contributed by atoms with E-state index in [4.69, 9.17) is 10.7 Å². The summed E-state index contributed by atoms with van der Waals surface area (Å²) in [5.41, 5.74) is 0. The molecule has 0 spiro atoms. The second kappa shape index (κ2) is 5.32. The quantitative estimate of drug-likeness (QED) is 0.796. The van der Waals surface area contributed by atoms with E-state index in [-0.39, 0.29) is 10.8 Å². The number of sulfonamides is 1. The lowest BCUT2D eigenvalue weighted by molar-refractivity contribution is 0.584. The van der Waals surface area contributed by atoms with E-state index in [1.54, 1.807) is 11.4 Å². The molecule has 0 amide bonds. The molecule has 5 nitrogen and oxygen atoms in total. The molecule has 1 aromatic rings. The zero-order chi connectivity index (χ0) is 12.4. The van der Waals surface area contributed by atoms with E-state index in [2.05, 4.69) is 20.7 Å². The van der Waals surface area contributed by atoms with Crippen LogP contribution in [0.2, 0.25) is 0 Å². The van der Waals surface area contributed by atoms with Crippen LogP contribution in [0.3, 0.4) is 0 Å². The molecular weight excluding hydrogens is 362 g/mol. The molecule has 0 saturated carbocycles. The molecule has 0 atom stereocenters. The maximum absolute atomic E-state index is 11.6. The van der Waals surface area contributed by atoms with Gasteiger partial charge in [0, 0.05) is 21.7 Å². The molecule has 92 valence electrons. The number of halogens is 2. The molecular formula is C6H7BrClNO4S3. The summed E-state index contributed by atoms with van der Waals surface area (Å²) >= 11 is 4.12. The largest absolute Gasteiger partial charge is 0.251 e. The van der Waals surface area contributed by atoms with Gasteiger partial charge in [-0.1, -0.05) is 0 Å². The van der Waals surface area contributed by atoms with Crippen LogP contribution in [0, 0.1) is 0 Å². The van der Waals surface area contributed by atoms with Gasteiger partial charge in [0.05, 0.1) is 5.75 Å². The van der Waals surface area contributed by atoms with Crippen LogP contribution in [-0.2, 0) is 19.1 Å². The molecule has 0 aliphatic rings. The van der Waals surface area contributed by atoms with Crippen molar-refractivity contribution in [2.75, 3.05) is 12.3 Å². The van der Waals surface area contributed by atoms with Crippen LogP contribution >= 0.6 is 37.9 Å². The summed E-state index contributed by atoms with van der Waals surface area (Å²) in [6, 6.07) is 1.59. The van der Waals surface area contributed by atoms with Crippen LogP contribution in [-0.4, -0.2) is 29.1 Å². The Bertz CT molecular complexity index is 564. The highest BCUT2D eigenvalue weighted by atomic mass is 79.9. The van der Waals surface area contributed by atoms with Crippen molar-refractivity contribution in [3.63, 3.8) is 0 Å². The highest BCUT2D eigenvalue weighted by Gasteiger charge is 2.19. The molecule has 0 saturated heterocycles. The average Bonchev–Trinajstić information content (AvgIpc) is 2.48. The van der Waals surface area contributed by atoms with Crippen molar-refractivity contribution in [2.24, 2.45) is 0 Å². The Labute approximate surface area is 110 Å². The molecule has 0 aliphatic carbocycles. The molecule has 0 bridgehead atoms. The number of hydrogen-bond acceptors (Lipinski definition) is 5. The van der Waals surface area contributed by atoms with Crippen molar-refractivity contribution in [1.29, 1.82) is 0 Å². The SMILES string of the molecule is O=S(=O)(Cl)CCNS(=O)(=O)c1sccc1Br. The van der Waals surface area contributed by atoms with E-state index in [1.807, 2.05) is 0 Å². The highest BCUT2D eigenvalue weighted by molar-refractivity contribution is 9.10. The first-order valence-electron chi connectivity index (χ1n) is 3.87. The third kappa shape index (κ3) is 4.30. The zero-order valence-electron chi connectivity index (χ0n) is 7.68.